The number of rotatable bonds is 2. The fourth-order valence-corrected chi connectivity index (χ4v) is 3.14. The van der Waals surface area contributed by atoms with Gasteiger partial charge in [0.05, 0.1) is 11.6 Å². The maximum Gasteiger partial charge on any atom is 0.410 e. The van der Waals surface area contributed by atoms with E-state index in [1.807, 2.05) is 30.3 Å². The minimum Gasteiger partial charge on any atom is -0.445 e. The maximum atomic E-state index is 12.2. The molecule has 1 spiro atoms. The highest BCUT2D eigenvalue weighted by Gasteiger charge is 2.54. The van der Waals surface area contributed by atoms with Crippen LogP contribution in [0.15, 0.2) is 30.3 Å². The first-order chi connectivity index (χ1) is 9.22. The second kappa shape index (κ2) is 4.85. The number of hydrogen-bond acceptors (Lipinski definition) is 3. The predicted molar refractivity (Wildman–Crippen MR) is 70.5 cm³/mol. The van der Waals surface area contributed by atoms with E-state index in [0.29, 0.717) is 19.6 Å². The van der Waals surface area contributed by atoms with Crippen LogP contribution in [-0.2, 0) is 11.3 Å². The Morgan fingerprint density at radius 1 is 1.37 bits per heavy atom. The molecule has 1 saturated heterocycles. The van der Waals surface area contributed by atoms with Gasteiger partial charge in [0, 0.05) is 6.54 Å². The summed E-state index contributed by atoms with van der Waals surface area (Å²) in [7, 11) is 0. The zero-order valence-electron chi connectivity index (χ0n) is 10.9. The van der Waals surface area contributed by atoms with Crippen LogP contribution in [-0.4, -0.2) is 34.3 Å². The smallest absolute Gasteiger partial charge is 0.410 e. The molecule has 1 unspecified atom stereocenters. The van der Waals surface area contributed by atoms with Gasteiger partial charge in [-0.1, -0.05) is 30.3 Å². The van der Waals surface area contributed by atoms with E-state index in [0.717, 1.165) is 24.8 Å². The number of aliphatic hydroxyl groups is 1. The van der Waals surface area contributed by atoms with E-state index in [2.05, 4.69) is 0 Å². The van der Waals surface area contributed by atoms with Gasteiger partial charge in [-0.05, 0) is 31.2 Å². The summed E-state index contributed by atoms with van der Waals surface area (Å²) >= 11 is 0. The van der Waals surface area contributed by atoms with Crippen molar-refractivity contribution >= 4 is 6.09 Å². The van der Waals surface area contributed by atoms with Crippen molar-refractivity contribution in [2.45, 2.75) is 43.9 Å². The van der Waals surface area contributed by atoms with Gasteiger partial charge >= 0.3 is 6.09 Å². The lowest BCUT2D eigenvalue weighted by Gasteiger charge is -2.46. The molecule has 3 rings (SSSR count). The van der Waals surface area contributed by atoms with Crippen LogP contribution in [0.4, 0.5) is 4.79 Å². The zero-order chi connectivity index (χ0) is 13.3. The number of carbonyl (C=O) groups is 1. The maximum absolute atomic E-state index is 12.2. The molecule has 1 N–H and O–H groups in total. The Kier molecular flexibility index (Phi) is 3.19. The molecule has 0 bridgehead atoms. The summed E-state index contributed by atoms with van der Waals surface area (Å²) in [6.07, 6.45) is 2.87. The molecule has 1 atom stereocenters. The average Bonchev–Trinajstić information content (AvgIpc) is 2.74. The van der Waals surface area contributed by atoms with Crippen molar-refractivity contribution in [1.29, 1.82) is 0 Å². The second-order valence-electron chi connectivity index (χ2n) is 5.45. The summed E-state index contributed by atoms with van der Waals surface area (Å²) in [6, 6.07) is 9.66. The van der Waals surface area contributed by atoms with E-state index in [1.54, 1.807) is 4.90 Å². The molecular weight excluding hydrogens is 242 g/mol. The molecule has 0 radical (unpaired) electrons. The molecular formula is C15H19NO3. The second-order valence-corrected chi connectivity index (χ2v) is 5.45. The van der Waals surface area contributed by atoms with Crippen LogP contribution in [0.25, 0.3) is 0 Å². The lowest BCUT2D eigenvalue weighted by Crippen LogP contribution is -2.57. The summed E-state index contributed by atoms with van der Waals surface area (Å²) in [5.41, 5.74) is 0.659. The van der Waals surface area contributed by atoms with Crippen LogP contribution in [0.3, 0.4) is 0 Å². The summed E-state index contributed by atoms with van der Waals surface area (Å²) in [6.45, 7) is 0.900. The topological polar surface area (TPSA) is 49.8 Å². The van der Waals surface area contributed by atoms with E-state index in [1.165, 1.54) is 0 Å². The Labute approximate surface area is 113 Å². The van der Waals surface area contributed by atoms with Gasteiger partial charge in [-0.3, -0.25) is 4.90 Å². The van der Waals surface area contributed by atoms with Gasteiger partial charge in [0.2, 0.25) is 0 Å². The Hall–Kier alpha value is -1.55. The van der Waals surface area contributed by atoms with Crippen LogP contribution in [0, 0.1) is 0 Å². The summed E-state index contributed by atoms with van der Waals surface area (Å²) in [5.74, 6) is 0. The molecule has 102 valence electrons. The van der Waals surface area contributed by atoms with Crippen LogP contribution >= 0.6 is 0 Å². The molecule has 2 fully saturated rings. The molecule has 1 heterocycles. The van der Waals surface area contributed by atoms with Crippen molar-refractivity contribution in [3.63, 3.8) is 0 Å². The first-order valence-corrected chi connectivity index (χ1v) is 6.89. The highest BCUT2D eigenvalue weighted by Crippen LogP contribution is 2.45. The van der Waals surface area contributed by atoms with Crippen LogP contribution in [0.5, 0.6) is 0 Å². The van der Waals surface area contributed by atoms with Crippen molar-refractivity contribution in [3.8, 4) is 0 Å². The number of likely N-dealkylation sites (tertiary alicyclic amines) is 1. The highest BCUT2D eigenvalue weighted by atomic mass is 16.6. The Balaban J connectivity index is 1.62. The molecule has 19 heavy (non-hydrogen) atoms. The molecule has 4 nitrogen and oxygen atoms in total. The third kappa shape index (κ3) is 2.10. The third-order valence-electron chi connectivity index (χ3n) is 4.43. The Morgan fingerprint density at radius 2 is 2.11 bits per heavy atom. The van der Waals surface area contributed by atoms with Gasteiger partial charge in [-0.15, -0.1) is 0 Å². The average molecular weight is 261 g/mol. The first kappa shape index (κ1) is 12.5. The molecule has 1 aliphatic heterocycles. The Bertz CT molecular complexity index is 456. The number of amides is 1. The van der Waals surface area contributed by atoms with Crippen molar-refractivity contribution in [2.75, 3.05) is 6.54 Å². The molecule has 4 heteroatoms. The lowest BCUT2D eigenvalue weighted by molar-refractivity contribution is -0.0294. The minimum atomic E-state index is -0.384. The van der Waals surface area contributed by atoms with E-state index in [9.17, 15) is 9.90 Å². The fraction of sp³-hybridized carbons (Fsp3) is 0.533. The number of carbonyl (C=O) groups excluding carboxylic acids is 1. The van der Waals surface area contributed by atoms with Crippen LogP contribution < -0.4 is 0 Å². The van der Waals surface area contributed by atoms with Crippen molar-refractivity contribution in [2.24, 2.45) is 0 Å². The molecule has 2 aliphatic rings. The van der Waals surface area contributed by atoms with Gasteiger partial charge in [-0.2, -0.15) is 0 Å². The van der Waals surface area contributed by atoms with E-state index < -0.39 is 0 Å². The van der Waals surface area contributed by atoms with E-state index in [4.69, 9.17) is 4.74 Å². The van der Waals surface area contributed by atoms with Crippen molar-refractivity contribution in [3.05, 3.63) is 35.9 Å². The molecule has 1 amide bonds. The molecule has 1 aliphatic carbocycles. The van der Waals surface area contributed by atoms with Crippen molar-refractivity contribution < 1.29 is 14.6 Å². The number of benzene rings is 1. The van der Waals surface area contributed by atoms with Gasteiger partial charge in [0.1, 0.15) is 6.61 Å². The van der Waals surface area contributed by atoms with Gasteiger partial charge in [0.25, 0.3) is 0 Å². The molecule has 1 aromatic rings. The normalized spacial score (nSPS) is 24.3. The summed E-state index contributed by atoms with van der Waals surface area (Å²) < 4.78 is 5.37. The quantitative estimate of drug-likeness (QED) is 0.888. The number of ether oxygens (including phenoxy) is 1. The highest BCUT2D eigenvalue weighted by molar-refractivity contribution is 5.69. The predicted octanol–water partition coefficient (Wildman–Crippen LogP) is 2.31. The largest absolute Gasteiger partial charge is 0.445 e. The number of aliphatic hydroxyl groups excluding tert-OH is 1. The SMILES string of the molecule is O=C(OCc1ccccc1)N1CCC(O)C12CCC2. The van der Waals surface area contributed by atoms with E-state index >= 15 is 0 Å². The van der Waals surface area contributed by atoms with Crippen LogP contribution in [0.1, 0.15) is 31.2 Å². The Morgan fingerprint density at radius 3 is 2.74 bits per heavy atom. The fourth-order valence-electron chi connectivity index (χ4n) is 3.14. The van der Waals surface area contributed by atoms with Gasteiger partial charge < -0.3 is 9.84 Å². The van der Waals surface area contributed by atoms with Gasteiger partial charge in [-0.25, -0.2) is 4.79 Å². The number of nitrogens with zero attached hydrogens (tertiary/aromatic N) is 1. The van der Waals surface area contributed by atoms with E-state index in [-0.39, 0.29) is 17.7 Å². The first-order valence-electron chi connectivity index (χ1n) is 6.89. The van der Waals surface area contributed by atoms with Crippen LogP contribution in [0.2, 0.25) is 0 Å². The summed E-state index contributed by atoms with van der Waals surface area (Å²) in [4.78, 5) is 13.9. The lowest BCUT2D eigenvalue weighted by atomic mass is 9.73. The molecule has 1 saturated carbocycles. The van der Waals surface area contributed by atoms with Crippen molar-refractivity contribution in [1.82, 2.24) is 4.90 Å². The summed E-state index contributed by atoms with van der Waals surface area (Å²) in [5, 5.41) is 10.1. The standard InChI is InChI=1S/C15H19NO3/c17-13-7-10-16(15(13)8-4-9-15)14(18)19-11-12-5-2-1-3-6-12/h1-3,5-6,13,17H,4,7-11H2. The minimum absolute atomic E-state index is 0.292. The van der Waals surface area contributed by atoms with Gasteiger partial charge in [0.15, 0.2) is 0 Å². The third-order valence-corrected chi connectivity index (χ3v) is 4.43. The monoisotopic (exact) mass is 261 g/mol. The number of hydrogen-bond donors (Lipinski definition) is 1. The molecule has 0 aromatic heterocycles. The molecule has 1 aromatic carbocycles. The zero-order valence-corrected chi connectivity index (χ0v) is 10.9.